The Morgan fingerprint density at radius 3 is 2.77 bits per heavy atom. The van der Waals surface area contributed by atoms with E-state index in [1.54, 1.807) is 7.11 Å². The summed E-state index contributed by atoms with van der Waals surface area (Å²) in [4.78, 5) is 19.6. The number of anilines is 2. The molecule has 3 aromatic rings. The van der Waals surface area contributed by atoms with Crippen LogP contribution in [0.4, 0.5) is 11.4 Å². The molecule has 2 aliphatic heterocycles. The molecule has 0 radical (unpaired) electrons. The molecule has 2 aliphatic rings. The molecule has 0 atom stereocenters. The van der Waals surface area contributed by atoms with Crippen molar-refractivity contribution in [2.75, 3.05) is 37.2 Å². The van der Waals surface area contributed by atoms with Gasteiger partial charge >= 0.3 is 0 Å². The van der Waals surface area contributed by atoms with E-state index in [-0.39, 0.29) is 18.6 Å². The Balaban J connectivity index is 1.26. The molecule has 0 saturated carbocycles. The Hall–Kier alpha value is -3.48. The fourth-order valence-electron chi connectivity index (χ4n) is 4.11. The number of rotatable bonds is 4. The Kier molecular flexibility index (Phi) is 4.78. The Morgan fingerprint density at radius 2 is 1.93 bits per heavy atom. The van der Waals surface area contributed by atoms with Gasteiger partial charge in [0.1, 0.15) is 5.75 Å². The molecule has 2 aromatic carbocycles. The van der Waals surface area contributed by atoms with Crippen LogP contribution in [0.1, 0.15) is 12.8 Å². The van der Waals surface area contributed by atoms with E-state index in [0.717, 1.165) is 54.0 Å². The average molecular weight is 405 g/mol. The number of carbonyl (C=O) groups is 1. The molecule has 0 spiro atoms. The summed E-state index contributed by atoms with van der Waals surface area (Å²) < 4.78 is 16.1. The highest BCUT2D eigenvalue weighted by Gasteiger charge is 2.26. The van der Waals surface area contributed by atoms with Crippen molar-refractivity contribution in [1.82, 2.24) is 4.98 Å². The van der Waals surface area contributed by atoms with E-state index in [4.69, 9.17) is 14.2 Å². The summed E-state index contributed by atoms with van der Waals surface area (Å²) in [6.45, 7) is 1.85. The van der Waals surface area contributed by atoms with E-state index in [9.17, 15) is 4.79 Å². The lowest BCUT2D eigenvalue weighted by atomic mass is 9.95. The highest BCUT2D eigenvalue weighted by molar-refractivity contribution is 5.94. The molecular weight excluding hydrogens is 382 g/mol. The molecule has 1 amide bonds. The van der Waals surface area contributed by atoms with Crippen LogP contribution in [0.3, 0.4) is 0 Å². The van der Waals surface area contributed by atoms with Gasteiger partial charge in [0.25, 0.3) is 0 Å². The lowest BCUT2D eigenvalue weighted by Gasteiger charge is -2.33. The maximum Gasteiger partial charge on any atom is 0.231 e. The number of nitrogens with zero attached hydrogens (tertiary/aromatic N) is 2. The van der Waals surface area contributed by atoms with Crippen LogP contribution >= 0.6 is 0 Å². The molecule has 0 aliphatic carbocycles. The minimum atomic E-state index is -0.0192. The van der Waals surface area contributed by atoms with Gasteiger partial charge in [-0.1, -0.05) is 0 Å². The standard InChI is InChI=1S/C23H23N3O4/c1-28-17-3-4-19-18(13-17)20(6-9-24-19)26-10-7-15(8-11-26)23(27)25-16-2-5-21-22(12-16)30-14-29-21/h2-6,9,12-13,15H,7-8,10-11,14H2,1H3,(H,25,27). The van der Waals surface area contributed by atoms with Crippen LogP contribution in [0.15, 0.2) is 48.7 Å². The summed E-state index contributed by atoms with van der Waals surface area (Å²) >= 11 is 0. The minimum Gasteiger partial charge on any atom is -0.497 e. The van der Waals surface area contributed by atoms with E-state index in [0.29, 0.717) is 11.5 Å². The SMILES string of the molecule is COc1ccc2nccc(N3CCC(C(=O)Nc4ccc5c(c4)OCO5)CC3)c2c1. The predicted octanol–water partition coefficient (Wildman–Crippen LogP) is 3.83. The molecule has 7 heteroatoms. The van der Waals surface area contributed by atoms with Crippen LogP contribution in [-0.2, 0) is 4.79 Å². The molecule has 5 rings (SSSR count). The molecule has 0 unspecified atom stereocenters. The van der Waals surface area contributed by atoms with Gasteiger partial charge in [0, 0.05) is 48.0 Å². The van der Waals surface area contributed by atoms with E-state index < -0.39 is 0 Å². The van der Waals surface area contributed by atoms with Gasteiger partial charge in [-0.25, -0.2) is 0 Å². The van der Waals surface area contributed by atoms with Gasteiger partial charge in [0.05, 0.1) is 12.6 Å². The van der Waals surface area contributed by atoms with Crippen molar-refractivity contribution in [2.24, 2.45) is 5.92 Å². The van der Waals surface area contributed by atoms with Crippen LogP contribution in [0.5, 0.6) is 17.2 Å². The van der Waals surface area contributed by atoms with Crippen molar-refractivity contribution in [3.63, 3.8) is 0 Å². The number of pyridine rings is 1. The zero-order valence-electron chi connectivity index (χ0n) is 16.8. The van der Waals surface area contributed by atoms with Crippen molar-refractivity contribution in [3.05, 3.63) is 48.7 Å². The number of benzene rings is 2. The van der Waals surface area contributed by atoms with E-state index in [2.05, 4.69) is 15.2 Å². The second-order valence-electron chi connectivity index (χ2n) is 7.53. The smallest absolute Gasteiger partial charge is 0.231 e. The molecule has 1 aromatic heterocycles. The number of piperidine rings is 1. The molecule has 7 nitrogen and oxygen atoms in total. The third-order valence-corrected chi connectivity index (χ3v) is 5.77. The predicted molar refractivity (Wildman–Crippen MR) is 114 cm³/mol. The highest BCUT2D eigenvalue weighted by atomic mass is 16.7. The molecular formula is C23H23N3O4. The first-order chi connectivity index (χ1) is 14.7. The van der Waals surface area contributed by atoms with E-state index in [1.165, 1.54) is 0 Å². The third kappa shape index (κ3) is 3.47. The second-order valence-corrected chi connectivity index (χ2v) is 7.53. The van der Waals surface area contributed by atoms with Gasteiger partial charge in [-0.3, -0.25) is 9.78 Å². The molecule has 1 fully saturated rings. The quantitative estimate of drug-likeness (QED) is 0.711. The zero-order valence-corrected chi connectivity index (χ0v) is 16.8. The number of carbonyl (C=O) groups excluding carboxylic acids is 1. The van der Waals surface area contributed by atoms with Crippen molar-refractivity contribution in [1.29, 1.82) is 0 Å². The first-order valence-corrected chi connectivity index (χ1v) is 10.1. The number of nitrogens with one attached hydrogen (secondary N) is 1. The zero-order chi connectivity index (χ0) is 20.5. The van der Waals surface area contributed by atoms with Crippen molar-refractivity contribution in [3.8, 4) is 17.2 Å². The summed E-state index contributed by atoms with van der Waals surface area (Å²) in [7, 11) is 1.67. The first kappa shape index (κ1) is 18.5. The van der Waals surface area contributed by atoms with E-state index in [1.807, 2.05) is 48.7 Å². The topological polar surface area (TPSA) is 72.9 Å². The number of hydrogen-bond acceptors (Lipinski definition) is 6. The summed E-state index contributed by atoms with van der Waals surface area (Å²) in [6, 6.07) is 13.4. The fourth-order valence-corrected chi connectivity index (χ4v) is 4.11. The van der Waals surface area contributed by atoms with Gasteiger partial charge in [-0.2, -0.15) is 0 Å². The lowest BCUT2D eigenvalue weighted by molar-refractivity contribution is -0.120. The van der Waals surface area contributed by atoms with Crippen LogP contribution in [0.2, 0.25) is 0 Å². The van der Waals surface area contributed by atoms with Gasteiger partial charge in [-0.05, 0) is 49.2 Å². The molecule has 30 heavy (non-hydrogen) atoms. The number of hydrogen-bond donors (Lipinski definition) is 1. The third-order valence-electron chi connectivity index (χ3n) is 5.77. The van der Waals surface area contributed by atoms with Crippen LogP contribution in [-0.4, -0.2) is 37.9 Å². The summed E-state index contributed by atoms with van der Waals surface area (Å²) in [6.07, 6.45) is 3.43. The minimum absolute atomic E-state index is 0.0192. The van der Waals surface area contributed by atoms with Gasteiger partial charge in [-0.15, -0.1) is 0 Å². The number of fused-ring (bicyclic) bond motifs is 2. The summed E-state index contributed by atoms with van der Waals surface area (Å²) in [5.41, 5.74) is 2.81. The average Bonchev–Trinajstić information content (AvgIpc) is 3.26. The fraction of sp³-hybridized carbons (Fsp3) is 0.304. The Bertz CT molecular complexity index is 1090. The number of amides is 1. The van der Waals surface area contributed by atoms with Gasteiger partial charge in [0.2, 0.25) is 12.7 Å². The van der Waals surface area contributed by atoms with E-state index >= 15 is 0 Å². The monoisotopic (exact) mass is 405 g/mol. The summed E-state index contributed by atoms with van der Waals surface area (Å²) in [5.74, 6) is 2.23. The van der Waals surface area contributed by atoms with Gasteiger partial charge in [0.15, 0.2) is 11.5 Å². The molecule has 154 valence electrons. The van der Waals surface area contributed by atoms with Crippen LogP contribution in [0, 0.1) is 5.92 Å². The molecule has 1 N–H and O–H groups in total. The number of ether oxygens (including phenoxy) is 3. The van der Waals surface area contributed by atoms with Gasteiger partial charge < -0.3 is 24.4 Å². The maximum absolute atomic E-state index is 12.8. The lowest BCUT2D eigenvalue weighted by Crippen LogP contribution is -2.38. The normalized spacial score (nSPS) is 16.0. The Morgan fingerprint density at radius 1 is 1.10 bits per heavy atom. The summed E-state index contributed by atoms with van der Waals surface area (Å²) in [5, 5.41) is 4.09. The van der Waals surface area contributed by atoms with Crippen molar-refractivity contribution < 1.29 is 19.0 Å². The number of aromatic nitrogens is 1. The van der Waals surface area contributed by atoms with Crippen molar-refractivity contribution in [2.45, 2.75) is 12.8 Å². The molecule has 3 heterocycles. The maximum atomic E-state index is 12.8. The van der Waals surface area contributed by atoms with Crippen molar-refractivity contribution >= 4 is 28.2 Å². The number of methoxy groups -OCH3 is 1. The van der Waals surface area contributed by atoms with Crippen LogP contribution in [0.25, 0.3) is 10.9 Å². The molecule has 0 bridgehead atoms. The Labute approximate surface area is 174 Å². The highest BCUT2D eigenvalue weighted by Crippen LogP contribution is 2.35. The second kappa shape index (κ2) is 7.74. The largest absolute Gasteiger partial charge is 0.497 e. The first-order valence-electron chi connectivity index (χ1n) is 10.1. The molecule has 1 saturated heterocycles. The van der Waals surface area contributed by atoms with Crippen LogP contribution < -0.4 is 24.4 Å².